The Morgan fingerprint density at radius 2 is 2.04 bits per heavy atom. The van der Waals surface area contributed by atoms with Gasteiger partial charge in [0.25, 0.3) is 5.91 Å². The van der Waals surface area contributed by atoms with Crippen molar-refractivity contribution < 1.29 is 9.21 Å². The molecule has 1 N–H and O–H groups in total. The van der Waals surface area contributed by atoms with Gasteiger partial charge < -0.3 is 14.6 Å². The molecule has 2 aromatic heterocycles. The quantitative estimate of drug-likeness (QED) is 0.709. The van der Waals surface area contributed by atoms with E-state index >= 15 is 0 Å². The van der Waals surface area contributed by atoms with Gasteiger partial charge in [0.2, 0.25) is 5.95 Å². The van der Waals surface area contributed by atoms with Gasteiger partial charge in [-0.25, -0.2) is 9.97 Å². The Balaban J connectivity index is 1.53. The maximum Gasteiger partial charge on any atom is 0.274 e. The standard InChI is InChI=1S/C20H22N4O2/c1-24(11-9-14-5-3-2-4-6-14)20-22-16-10-12-26-18(16)17(23-20)19(25)21-13-15-7-8-15/h2-6,10,12,15H,7-9,11,13H2,1H3,(H,21,25). The number of carbonyl (C=O) groups is 1. The number of nitrogens with zero attached hydrogens (tertiary/aromatic N) is 3. The molecule has 6 heteroatoms. The van der Waals surface area contributed by atoms with Gasteiger partial charge in [0, 0.05) is 26.2 Å². The highest BCUT2D eigenvalue weighted by Gasteiger charge is 2.24. The van der Waals surface area contributed by atoms with Crippen LogP contribution < -0.4 is 10.2 Å². The van der Waals surface area contributed by atoms with Crippen molar-refractivity contribution in [3.8, 4) is 0 Å². The first-order chi connectivity index (χ1) is 12.7. The number of hydrogen-bond acceptors (Lipinski definition) is 5. The number of rotatable bonds is 7. The molecule has 1 aliphatic rings. The predicted molar refractivity (Wildman–Crippen MR) is 100 cm³/mol. The van der Waals surface area contributed by atoms with E-state index in [1.807, 2.05) is 30.1 Å². The Labute approximate surface area is 152 Å². The fourth-order valence-electron chi connectivity index (χ4n) is 2.86. The Kier molecular flexibility index (Phi) is 4.56. The molecule has 1 aromatic carbocycles. The molecule has 0 aliphatic heterocycles. The second kappa shape index (κ2) is 7.15. The summed E-state index contributed by atoms with van der Waals surface area (Å²) in [5.41, 5.74) is 2.66. The molecule has 0 atom stereocenters. The molecule has 4 rings (SSSR count). The van der Waals surface area contributed by atoms with E-state index in [9.17, 15) is 4.79 Å². The molecule has 1 aliphatic carbocycles. The average molecular weight is 350 g/mol. The van der Waals surface area contributed by atoms with Crippen LogP contribution >= 0.6 is 0 Å². The van der Waals surface area contributed by atoms with Crippen molar-refractivity contribution in [1.82, 2.24) is 15.3 Å². The molecule has 3 aromatic rings. The minimum Gasteiger partial charge on any atom is -0.460 e. The van der Waals surface area contributed by atoms with Crippen LogP contribution in [0.15, 0.2) is 47.1 Å². The highest BCUT2D eigenvalue weighted by atomic mass is 16.3. The molecule has 1 amide bonds. The molecule has 1 saturated carbocycles. The van der Waals surface area contributed by atoms with E-state index < -0.39 is 0 Å². The molecule has 0 spiro atoms. The SMILES string of the molecule is CN(CCc1ccccc1)c1nc(C(=O)NCC2CC2)c2occc2n1. The number of likely N-dealkylation sites (N-methyl/N-ethyl adjacent to an activating group) is 1. The first-order valence-electron chi connectivity index (χ1n) is 8.99. The van der Waals surface area contributed by atoms with Crippen LogP contribution in [-0.4, -0.2) is 36.0 Å². The summed E-state index contributed by atoms with van der Waals surface area (Å²) in [6.45, 7) is 1.46. The third kappa shape index (κ3) is 3.69. The van der Waals surface area contributed by atoms with Crippen LogP contribution in [-0.2, 0) is 6.42 Å². The van der Waals surface area contributed by atoms with E-state index in [2.05, 4.69) is 27.4 Å². The average Bonchev–Trinajstić information content (AvgIpc) is 3.39. The summed E-state index contributed by atoms with van der Waals surface area (Å²) < 4.78 is 5.45. The first-order valence-corrected chi connectivity index (χ1v) is 8.99. The van der Waals surface area contributed by atoms with Crippen LogP contribution in [0.1, 0.15) is 28.9 Å². The number of carbonyl (C=O) groups excluding carboxylic acids is 1. The highest BCUT2D eigenvalue weighted by Crippen LogP contribution is 2.28. The van der Waals surface area contributed by atoms with Gasteiger partial charge in [-0.05, 0) is 30.7 Å². The van der Waals surface area contributed by atoms with E-state index in [4.69, 9.17) is 4.42 Å². The Morgan fingerprint density at radius 3 is 2.81 bits per heavy atom. The van der Waals surface area contributed by atoms with Gasteiger partial charge in [-0.3, -0.25) is 4.79 Å². The van der Waals surface area contributed by atoms with E-state index in [0.29, 0.717) is 35.2 Å². The van der Waals surface area contributed by atoms with Crippen molar-refractivity contribution in [2.75, 3.05) is 25.0 Å². The van der Waals surface area contributed by atoms with Crippen molar-refractivity contribution in [1.29, 1.82) is 0 Å². The van der Waals surface area contributed by atoms with E-state index in [1.165, 1.54) is 18.4 Å². The van der Waals surface area contributed by atoms with Crippen LogP contribution in [0, 0.1) is 5.92 Å². The molecular formula is C20H22N4O2. The predicted octanol–water partition coefficient (Wildman–Crippen LogP) is 3.04. The van der Waals surface area contributed by atoms with Crippen LogP contribution in [0.2, 0.25) is 0 Å². The molecule has 0 unspecified atom stereocenters. The molecule has 0 saturated heterocycles. The number of nitrogens with one attached hydrogen (secondary N) is 1. The summed E-state index contributed by atoms with van der Waals surface area (Å²) in [4.78, 5) is 23.6. The molecule has 134 valence electrons. The first kappa shape index (κ1) is 16.6. The Bertz CT molecular complexity index is 903. The van der Waals surface area contributed by atoms with Gasteiger partial charge in [-0.1, -0.05) is 30.3 Å². The second-order valence-electron chi connectivity index (χ2n) is 6.82. The minimum absolute atomic E-state index is 0.197. The maximum absolute atomic E-state index is 12.6. The van der Waals surface area contributed by atoms with Gasteiger partial charge in [-0.15, -0.1) is 0 Å². The van der Waals surface area contributed by atoms with Gasteiger partial charge in [0.15, 0.2) is 11.3 Å². The van der Waals surface area contributed by atoms with Gasteiger partial charge in [0.05, 0.1) is 6.26 Å². The zero-order valence-electron chi connectivity index (χ0n) is 14.8. The zero-order valence-corrected chi connectivity index (χ0v) is 14.8. The van der Waals surface area contributed by atoms with Crippen LogP contribution in [0.25, 0.3) is 11.1 Å². The monoisotopic (exact) mass is 350 g/mol. The van der Waals surface area contributed by atoms with Crippen LogP contribution in [0.3, 0.4) is 0 Å². The van der Waals surface area contributed by atoms with E-state index in [1.54, 1.807) is 12.3 Å². The Morgan fingerprint density at radius 1 is 1.23 bits per heavy atom. The summed E-state index contributed by atoms with van der Waals surface area (Å²) in [6, 6.07) is 12.0. The maximum atomic E-state index is 12.6. The lowest BCUT2D eigenvalue weighted by Gasteiger charge is -2.17. The number of benzene rings is 1. The third-order valence-electron chi connectivity index (χ3n) is 4.68. The normalized spacial score (nSPS) is 13.7. The fourth-order valence-corrected chi connectivity index (χ4v) is 2.86. The van der Waals surface area contributed by atoms with E-state index in [-0.39, 0.29) is 5.91 Å². The molecular weight excluding hydrogens is 328 g/mol. The molecule has 0 bridgehead atoms. The number of amides is 1. The van der Waals surface area contributed by atoms with Crippen LogP contribution in [0.4, 0.5) is 5.95 Å². The number of fused-ring (bicyclic) bond motifs is 1. The number of aromatic nitrogens is 2. The van der Waals surface area contributed by atoms with Crippen molar-refractivity contribution in [3.05, 3.63) is 53.9 Å². The van der Waals surface area contributed by atoms with Crippen molar-refractivity contribution in [2.24, 2.45) is 5.92 Å². The van der Waals surface area contributed by atoms with Crippen molar-refractivity contribution >= 4 is 23.0 Å². The third-order valence-corrected chi connectivity index (χ3v) is 4.68. The summed E-state index contributed by atoms with van der Waals surface area (Å²) in [5.74, 6) is 0.948. The lowest BCUT2D eigenvalue weighted by Crippen LogP contribution is -2.28. The second-order valence-corrected chi connectivity index (χ2v) is 6.82. The highest BCUT2D eigenvalue weighted by molar-refractivity contribution is 6.02. The molecule has 0 radical (unpaired) electrons. The van der Waals surface area contributed by atoms with Gasteiger partial charge in [-0.2, -0.15) is 0 Å². The summed E-state index contributed by atoms with van der Waals surface area (Å²) in [6.07, 6.45) is 4.81. The number of hydrogen-bond donors (Lipinski definition) is 1. The molecule has 1 fully saturated rings. The van der Waals surface area contributed by atoms with Gasteiger partial charge in [0.1, 0.15) is 5.52 Å². The van der Waals surface area contributed by atoms with Crippen molar-refractivity contribution in [2.45, 2.75) is 19.3 Å². The number of anilines is 1. The zero-order chi connectivity index (χ0) is 17.9. The van der Waals surface area contributed by atoms with Crippen LogP contribution in [0.5, 0.6) is 0 Å². The Hall–Kier alpha value is -2.89. The molecule has 2 heterocycles. The minimum atomic E-state index is -0.197. The van der Waals surface area contributed by atoms with E-state index in [0.717, 1.165) is 13.0 Å². The van der Waals surface area contributed by atoms with Gasteiger partial charge >= 0.3 is 0 Å². The molecule has 26 heavy (non-hydrogen) atoms. The summed E-state index contributed by atoms with van der Waals surface area (Å²) in [5, 5.41) is 2.96. The molecule has 6 nitrogen and oxygen atoms in total. The smallest absolute Gasteiger partial charge is 0.274 e. The topological polar surface area (TPSA) is 71.3 Å². The number of furan rings is 1. The lowest BCUT2D eigenvalue weighted by molar-refractivity contribution is 0.0947. The lowest BCUT2D eigenvalue weighted by atomic mass is 10.1. The fraction of sp³-hybridized carbons (Fsp3) is 0.350. The summed E-state index contributed by atoms with van der Waals surface area (Å²) in [7, 11) is 1.94. The largest absolute Gasteiger partial charge is 0.460 e. The van der Waals surface area contributed by atoms with Crippen molar-refractivity contribution in [3.63, 3.8) is 0 Å². The summed E-state index contributed by atoms with van der Waals surface area (Å²) >= 11 is 0.